The molecule has 0 unspecified atom stereocenters. The summed E-state index contributed by atoms with van der Waals surface area (Å²) in [6.07, 6.45) is 0.985. The zero-order chi connectivity index (χ0) is 16.8. The van der Waals surface area contributed by atoms with Crippen LogP contribution < -0.4 is 9.47 Å². The number of ether oxygens (including phenoxy) is 3. The number of hydrogen-bond donors (Lipinski definition) is 0. The van der Waals surface area contributed by atoms with Gasteiger partial charge in [-0.3, -0.25) is 4.79 Å². The predicted molar refractivity (Wildman–Crippen MR) is 82.8 cm³/mol. The van der Waals surface area contributed by atoms with E-state index in [2.05, 4.69) is 0 Å². The monoisotopic (exact) mass is 305 g/mol. The second kappa shape index (κ2) is 7.69. The standard InChI is InChI=1S/C17H23NO4/c1-17(2,3)22-16(19)13(11-18)8-6-12-7-9-14(20-4)15(10-12)21-5/h7,9-10,13H,6,8H2,1-5H3/t13-/m1/s1. The first-order valence-electron chi connectivity index (χ1n) is 7.14. The summed E-state index contributed by atoms with van der Waals surface area (Å²) in [6.45, 7) is 5.36. The first-order chi connectivity index (χ1) is 10.3. The van der Waals surface area contributed by atoms with Gasteiger partial charge in [-0.05, 0) is 51.3 Å². The fourth-order valence-corrected chi connectivity index (χ4v) is 1.96. The first kappa shape index (κ1) is 17.8. The minimum Gasteiger partial charge on any atom is -0.493 e. The van der Waals surface area contributed by atoms with Gasteiger partial charge in [0.1, 0.15) is 11.5 Å². The zero-order valence-electron chi connectivity index (χ0n) is 13.8. The van der Waals surface area contributed by atoms with Crippen LogP contribution in [0, 0.1) is 17.2 Å². The Kier molecular flexibility index (Phi) is 6.24. The number of methoxy groups -OCH3 is 2. The Bertz CT molecular complexity index is 555. The Labute approximate surface area is 131 Å². The van der Waals surface area contributed by atoms with Gasteiger partial charge in [0.15, 0.2) is 11.5 Å². The van der Waals surface area contributed by atoms with Crippen molar-refractivity contribution in [1.82, 2.24) is 0 Å². The summed E-state index contributed by atoms with van der Waals surface area (Å²) in [6, 6.07) is 7.57. The van der Waals surface area contributed by atoms with Crippen LogP contribution in [0.3, 0.4) is 0 Å². The van der Waals surface area contributed by atoms with Crippen molar-refractivity contribution in [3.05, 3.63) is 23.8 Å². The van der Waals surface area contributed by atoms with Crippen LogP contribution in [0.15, 0.2) is 18.2 Å². The van der Waals surface area contributed by atoms with Crippen molar-refractivity contribution >= 4 is 5.97 Å². The molecule has 0 aliphatic rings. The lowest BCUT2D eigenvalue weighted by molar-refractivity contribution is -0.158. The van der Waals surface area contributed by atoms with Crippen molar-refractivity contribution in [3.8, 4) is 17.6 Å². The van der Waals surface area contributed by atoms with E-state index in [9.17, 15) is 4.79 Å². The highest BCUT2D eigenvalue weighted by Crippen LogP contribution is 2.28. The van der Waals surface area contributed by atoms with Gasteiger partial charge in [-0.2, -0.15) is 5.26 Å². The van der Waals surface area contributed by atoms with Crippen molar-refractivity contribution < 1.29 is 19.0 Å². The molecule has 0 radical (unpaired) electrons. The molecule has 1 rings (SSSR count). The molecule has 0 heterocycles. The number of carbonyl (C=O) groups excluding carboxylic acids is 1. The number of rotatable bonds is 6. The fourth-order valence-electron chi connectivity index (χ4n) is 1.96. The number of esters is 1. The van der Waals surface area contributed by atoms with Crippen LogP contribution in [0.4, 0.5) is 0 Å². The van der Waals surface area contributed by atoms with Crippen LogP contribution in [-0.2, 0) is 16.0 Å². The summed E-state index contributed by atoms with van der Waals surface area (Å²) in [5, 5.41) is 9.16. The first-order valence-corrected chi connectivity index (χ1v) is 7.14. The van der Waals surface area contributed by atoms with Crippen molar-refractivity contribution in [1.29, 1.82) is 5.26 Å². The van der Waals surface area contributed by atoms with Gasteiger partial charge < -0.3 is 14.2 Å². The third-order valence-corrected chi connectivity index (χ3v) is 3.02. The smallest absolute Gasteiger partial charge is 0.323 e. The van der Waals surface area contributed by atoms with E-state index < -0.39 is 17.5 Å². The lowest BCUT2D eigenvalue weighted by Crippen LogP contribution is -2.28. The number of benzene rings is 1. The highest BCUT2D eigenvalue weighted by Gasteiger charge is 2.24. The zero-order valence-corrected chi connectivity index (χ0v) is 13.8. The fraction of sp³-hybridized carbons (Fsp3) is 0.529. The Balaban J connectivity index is 2.71. The van der Waals surface area contributed by atoms with E-state index in [0.717, 1.165) is 5.56 Å². The molecule has 1 aromatic carbocycles. The summed E-state index contributed by atoms with van der Waals surface area (Å²) >= 11 is 0. The normalized spacial score (nSPS) is 12.2. The average Bonchev–Trinajstić information content (AvgIpc) is 2.45. The molecule has 22 heavy (non-hydrogen) atoms. The topological polar surface area (TPSA) is 68.5 Å². The maximum Gasteiger partial charge on any atom is 0.323 e. The minimum absolute atomic E-state index is 0.404. The molecule has 0 fully saturated rings. The third-order valence-electron chi connectivity index (χ3n) is 3.02. The quantitative estimate of drug-likeness (QED) is 0.755. The van der Waals surface area contributed by atoms with Gasteiger partial charge in [-0.1, -0.05) is 6.07 Å². The molecule has 5 nitrogen and oxygen atoms in total. The van der Waals surface area contributed by atoms with Gasteiger partial charge in [-0.25, -0.2) is 0 Å². The van der Waals surface area contributed by atoms with Gasteiger partial charge in [0.05, 0.1) is 20.3 Å². The number of carbonyl (C=O) groups is 1. The third kappa shape index (κ3) is 5.28. The molecule has 0 saturated heterocycles. The largest absolute Gasteiger partial charge is 0.493 e. The summed E-state index contributed by atoms with van der Waals surface area (Å²) in [5.41, 5.74) is 0.386. The maximum atomic E-state index is 11.9. The lowest BCUT2D eigenvalue weighted by Gasteiger charge is -2.21. The number of hydrogen-bond acceptors (Lipinski definition) is 5. The average molecular weight is 305 g/mol. The van der Waals surface area contributed by atoms with E-state index in [1.54, 1.807) is 35.0 Å². The number of nitrogens with zero attached hydrogens (tertiary/aromatic N) is 1. The van der Waals surface area contributed by atoms with E-state index in [0.29, 0.717) is 24.3 Å². The molecular weight excluding hydrogens is 282 g/mol. The highest BCUT2D eigenvalue weighted by molar-refractivity contribution is 5.75. The number of nitriles is 1. The molecule has 0 saturated carbocycles. The van der Waals surface area contributed by atoms with Crippen LogP contribution in [0.2, 0.25) is 0 Å². The van der Waals surface area contributed by atoms with Crippen molar-refractivity contribution in [2.24, 2.45) is 5.92 Å². The Morgan fingerprint density at radius 3 is 2.36 bits per heavy atom. The summed E-state index contributed by atoms with van der Waals surface area (Å²) < 4.78 is 15.7. The van der Waals surface area contributed by atoms with Crippen LogP contribution >= 0.6 is 0 Å². The molecule has 0 N–H and O–H groups in total. The molecule has 120 valence electrons. The molecule has 1 atom stereocenters. The molecular formula is C17H23NO4. The Hall–Kier alpha value is -2.22. The maximum absolute atomic E-state index is 11.9. The predicted octanol–water partition coefficient (Wildman–Crippen LogP) is 3.12. The molecule has 0 amide bonds. The van der Waals surface area contributed by atoms with E-state index in [1.807, 2.05) is 24.3 Å². The molecule has 0 bridgehead atoms. The highest BCUT2D eigenvalue weighted by atomic mass is 16.6. The SMILES string of the molecule is COc1ccc(CC[C@H](C#N)C(=O)OC(C)(C)C)cc1OC. The van der Waals surface area contributed by atoms with Gasteiger partial charge in [0.25, 0.3) is 0 Å². The summed E-state index contributed by atoms with van der Waals surface area (Å²) in [5.74, 6) is 0.0313. The Morgan fingerprint density at radius 2 is 1.86 bits per heavy atom. The molecule has 1 aromatic rings. The van der Waals surface area contributed by atoms with E-state index in [-0.39, 0.29) is 0 Å². The Morgan fingerprint density at radius 1 is 1.23 bits per heavy atom. The summed E-state index contributed by atoms with van der Waals surface area (Å²) in [4.78, 5) is 11.9. The number of aryl methyl sites for hydroxylation is 1. The van der Waals surface area contributed by atoms with Crippen LogP contribution in [0.5, 0.6) is 11.5 Å². The van der Waals surface area contributed by atoms with Crippen LogP contribution in [0.1, 0.15) is 32.8 Å². The van der Waals surface area contributed by atoms with E-state index >= 15 is 0 Å². The second-order valence-corrected chi connectivity index (χ2v) is 5.94. The van der Waals surface area contributed by atoms with Gasteiger partial charge >= 0.3 is 5.97 Å². The van der Waals surface area contributed by atoms with Crippen LogP contribution in [-0.4, -0.2) is 25.8 Å². The van der Waals surface area contributed by atoms with Gasteiger partial charge in [0.2, 0.25) is 0 Å². The van der Waals surface area contributed by atoms with Crippen LogP contribution in [0.25, 0.3) is 0 Å². The molecule has 0 aliphatic carbocycles. The summed E-state index contributed by atoms with van der Waals surface area (Å²) in [7, 11) is 3.14. The minimum atomic E-state index is -0.771. The van der Waals surface area contributed by atoms with Gasteiger partial charge in [0, 0.05) is 0 Å². The van der Waals surface area contributed by atoms with E-state index in [4.69, 9.17) is 19.5 Å². The van der Waals surface area contributed by atoms with Crippen molar-refractivity contribution in [3.63, 3.8) is 0 Å². The van der Waals surface area contributed by atoms with Crippen molar-refractivity contribution in [2.75, 3.05) is 14.2 Å². The molecule has 0 spiro atoms. The van der Waals surface area contributed by atoms with Crippen molar-refractivity contribution in [2.45, 2.75) is 39.2 Å². The second-order valence-electron chi connectivity index (χ2n) is 5.94. The molecule has 0 aliphatic heterocycles. The van der Waals surface area contributed by atoms with E-state index in [1.165, 1.54) is 0 Å². The van der Waals surface area contributed by atoms with Gasteiger partial charge in [-0.15, -0.1) is 0 Å². The molecule has 5 heteroatoms. The molecule has 0 aromatic heterocycles. The lowest BCUT2D eigenvalue weighted by atomic mass is 10.00.